The van der Waals surface area contributed by atoms with Gasteiger partial charge in [-0.1, -0.05) is 34.1 Å². The van der Waals surface area contributed by atoms with Crippen molar-refractivity contribution in [3.05, 3.63) is 64.6 Å². The molecule has 102 valence electrons. The van der Waals surface area contributed by atoms with Crippen LogP contribution in [0.2, 0.25) is 0 Å². The van der Waals surface area contributed by atoms with Crippen LogP contribution in [0.25, 0.3) is 0 Å². The summed E-state index contributed by atoms with van der Waals surface area (Å²) in [7, 11) is 1.61. The van der Waals surface area contributed by atoms with E-state index >= 15 is 0 Å². The van der Waals surface area contributed by atoms with Gasteiger partial charge in [0.25, 0.3) is 5.91 Å². The summed E-state index contributed by atoms with van der Waals surface area (Å²) in [4.78, 5) is 25.3. The Morgan fingerprint density at radius 1 is 1.00 bits per heavy atom. The van der Waals surface area contributed by atoms with Crippen molar-refractivity contribution in [1.29, 1.82) is 0 Å². The lowest BCUT2D eigenvalue weighted by Gasteiger charge is -2.17. The van der Waals surface area contributed by atoms with E-state index in [1.54, 1.807) is 43.4 Å². The Hall–Kier alpha value is -2.14. The molecule has 0 atom stereocenters. The second-order valence-electron chi connectivity index (χ2n) is 4.16. The van der Waals surface area contributed by atoms with Crippen LogP contribution >= 0.6 is 15.9 Å². The minimum atomic E-state index is -0.471. The molecule has 1 N–H and O–H groups in total. The molecule has 0 unspecified atom stereocenters. The molecular weight excluding hydrogens is 320 g/mol. The van der Waals surface area contributed by atoms with Gasteiger partial charge in [-0.2, -0.15) is 0 Å². The molecule has 2 aromatic carbocycles. The van der Waals surface area contributed by atoms with Gasteiger partial charge in [-0.25, -0.2) is 4.79 Å². The highest BCUT2D eigenvalue weighted by atomic mass is 79.9. The molecule has 0 saturated heterocycles. The molecule has 2 rings (SSSR count). The molecule has 0 radical (unpaired) electrons. The van der Waals surface area contributed by atoms with Crippen LogP contribution in [0.1, 0.15) is 10.4 Å². The Balaban J connectivity index is 2.05. The Morgan fingerprint density at radius 3 is 2.20 bits per heavy atom. The first kappa shape index (κ1) is 14.3. The number of benzene rings is 2. The van der Waals surface area contributed by atoms with Crippen molar-refractivity contribution in [2.75, 3.05) is 11.9 Å². The van der Waals surface area contributed by atoms with Gasteiger partial charge in [-0.15, -0.1) is 0 Å². The van der Waals surface area contributed by atoms with Crippen molar-refractivity contribution in [3.8, 4) is 0 Å². The van der Waals surface area contributed by atoms with Gasteiger partial charge in [-0.3, -0.25) is 15.0 Å². The Bertz CT molecular complexity index is 612. The van der Waals surface area contributed by atoms with Crippen LogP contribution in [0, 0.1) is 0 Å². The quantitative estimate of drug-likeness (QED) is 0.915. The number of urea groups is 1. The highest BCUT2D eigenvalue weighted by molar-refractivity contribution is 9.10. The highest BCUT2D eigenvalue weighted by Gasteiger charge is 2.14. The number of hydrogen-bond acceptors (Lipinski definition) is 2. The van der Waals surface area contributed by atoms with Gasteiger partial charge >= 0.3 is 6.03 Å². The molecule has 0 fully saturated rings. The second-order valence-corrected chi connectivity index (χ2v) is 5.08. The average Bonchev–Trinajstić information content (AvgIpc) is 2.48. The fraction of sp³-hybridized carbons (Fsp3) is 0.0667. The number of carbonyl (C=O) groups is 2. The van der Waals surface area contributed by atoms with E-state index in [1.807, 2.05) is 18.2 Å². The zero-order valence-electron chi connectivity index (χ0n) is 10.8. The van der Waals surface area contributed by atoms with E-state index in [1.165, 1.54) is 4.90 Å². The normalized spacial score (nSPS) is 9.90. The number of anilines is 1. The second kappa shape index (κ2) is 6.34. The lowest BCUT2D eigenvalue weighted by molar-refractivity contribution is 0.0966. The van der Waals surface area contributed by atoms with Gasteiger partial charge in [0, 0.05) is 22.8 Å². The monoisotopic (exact) mass is 332 g/mol. The van der Waals surface area contributed by atoms with Crippen LogP contribution in [0.3, 0.4) is 0 Å². The minimum absolute atomic E-state index is 0.417. The molecule has 0 heterocycles. The number of carbonyl (C=O) groups excluding carboxylic acids is 2. The predicted molar refractivity (Wildman–Crippen MR) is 81.8 cm³/mol. The maximum absolute atomic E-state index is 12.0. The first-order valence-electron chi connectivity index (χ1n) is 5.97. The minimum Gasteiger partial charge on any atom is -0.297 e. The van der Waals surface area contributed by atoms with Gasteiger partial charge in [-0.05, 0) is 36.4 Å². The third-order valence-electron chi connectivity index (χ3n) is 2.78. The third kappa shape index (κ3) is 3.45. The fourth-order valence-electron chi connectivity index (χ4n) is 1.62. The van der Waals surface area contributed by atoms with Crippen LogP contribution in [0.5, 0.6) is 0 Å². The fourth-order valence-corrected chi connectivity index (χ4v) is 1.89. The first-order valence-corrected chi connectivity index (χ1v) is 6.77. The Morgan fingerprint density at radius 2 is 1.60 bits per heavy atom. The molecule has 0 aliphatic heterocycles. The van der Waals surface area contributed by atoms with E-state index in [9.17, 15) is 9.59 Å². The zero-order chi connectivity index (χ0) is 14.5. The molecule has 0 aromatic heterocycles. The van der Waals surface area contributed by atoms with Gasteiger partial charge in [0.1, 0.15) is 0 Å². The third-order valence-corrected chi connectivity index (χ3v) is 3.30. The van der Waals surface area contributed by atoms with Crippen LogP contribution in [-0.4, -0.2) is 19.0 Å². The average molecular weight is 333 g/mol. The molecule has 5 heteroatoms. The summed E-state index contributed by atoms with van der Waals surface area (Å²) < 4.78 is 0.926. The summed E-state index contributed by atoms with van der Waals surface area (Å²) in [5.41, 5.74) is 1.15. The van der Waals surface area contributed by atoms with Crippen molar-refractivity contribution in [1.82, 2.24) is 5.32 Å². The van der Waals surface area contributed by atoms with E-state index in [2.05, 4.69) is 21.2 Å². The summed E-state index contributed by atoms with van der Waals surface area (Å²) in [6.07, 6.45) is 0. The number of halogens is 1. The largest absolute Gasteiger partial charge is 0.328 e. The summed E-state index contributed by atoms with van der Waals surface area (Å²) in [5, 5.41) is 2.35. The number of rotatable bonds is 2. The van der Waals surface area contributed by atoms with Crippen molar-refractivity contribution in [2.45, 2.75) is 0 Å². The Labute approximate surface area is 125 Å². The Kier molecular flexibility index (Phi) is 4.53. The SMILES string of the molecule is CN(C(=O)NC(=O)c1ccccc1)c1ccc(Br)cc1. The predicted octanol–water partition coefficient (Wildman–Crippen LogP) is 3.44. The van der Waals surface area contributed by atoms with Crippen LogP contribution < -0.4 is 10.2 Å². The van der Waals surface area contributed by atoms with Gasteiger partial charge in [0.15, 0.2) is 0 Å². The van der Waals surface area contributed by atoms with Gasteiger partial charge in [0.05, 0.1) is 0 Å². The van der Waals surface area contributed by atoms with Crippen molar-refractivity contribution >= 4 is 33.6 Å². The first-order chi connectivity index (χ1) is 9.58. The molecule has 0 saturated carbocycles. The summed E-state index contributed by atoms with van der Waals surface area (Å²) >= 11 is 3.33. The van der Waals surface area contributed by atoms with Crippen molar-refractivity contribution in [3.63, 3.8) is 0 Å². The lowest BCUT2D eigenvalue weighted by Crippen LogP contribution is -2.40. The maximum Gasteiger partial charge on any atom is 0.328 e. The molecule has 2 aromatic rings. The summed E-state index contributed by atoms with van der Waals surface area (Å²) in [6, 6.07) is 15.4. The molecule has 20 heavy (non-hydrogen) atoms. The standard InChI is InChI=1S/C15H13BrN2O2/c1-18(13-9-7-12(16)8-10-13)15(20)17-14(19)11-5-3-2-4-6-11/h2-10H,1H3,(H,17,19,20). The molecular formula is C15H13BrN2O2. The zero-order valence-corrected chi connectivity index (χ0v) is 12.4. The summed E-state index contributed by atoms with van der Waals surface area (Å²) in [6.45, 7) is 0. The topological polar surface area (TPSA) is 49.4 Å². The number of hydrogen-bond donors (Lipinski definition) is 1. The smallest absolute Gasteiger partial charge is 0.297 e. The van der Waals surface area contributed by atoms with E-state index in [-0.39, 0.29) is 0 Å². The molecule has 3 amide bonds. The van der Waals surface area contributed by atoms with E-state index < -0.39 is 11.9 Å². The van der Waals surface area contributed by atoms with E-state index in [0.717, 1.165) is 4.47 Å². The maximum atomic E-state index is 12.0. The molecule has 0 spiro atoms. The molecule has 0 aliphatic carbocycles. The van der Waals surface area contributed by atoms with Crippen molar-refractivity contribution in [2.24, 2.45) is 0 Å². The summed E-state index contributed by atoms with van der Waals surface area (Å²) in [5.74, 6) is -0.417. The van der Waals surface area contributed by atoms with E-state index in [0.29, 0.717) is 11.3 Å². The van der Waals surface area contributed by atoms with Gasteiger partial charge in [0.2, 0.25) is 0 Å². The number of nitrogens with zero attached hydrogens (tertiary/aromatic N) is 1. The van der Waals surface area contributed by atoms with E-state index in [4.69, 9.17) is 0 Å². The molecule has 4 nitrogen and oxygen atoms in total. The molecule has 0 aliphatic rings. The number of nitrogens with one attached hydrogen (secondary N) is 1. The van der Waals surface area contributed by atoms with Crippen LogP contribution in [0.15, 0.2) is 59.1 Å². The van der Waals surface area contributed by atoms with Crippen LogP contribution in [0.4, 0.5) is 10.5 Å². The van der Waals surface area contributed by atoms with Crippen LogP contribution in [-0.2, 0) is 0 Å². The highest BCUT2D eigenvalue weighted by Crippen LogP contribution is 2.17. The number of imide groups is 1. The van der Waals surface area contributed by atoms with Crippen molar-refractivity contribution < 1.29 is 9.59 Å². The number of amides is 3. The lowest BCUT2D eigenvalue weighted by atomic mass is 10.2. The molecule has 0 bridgehead atoms. The van der Waals surface area contributed by atoms with Gasteiger partial charge < -0.3 is 0 Å².